The molecule has 0 spiro atoms. The van der Waals surface area contributed by atoms with Gasteiger partial charge in [-0.15, -0.1) is 0 Å². The van der Waals surface area contributed by atoms with Crippen LogP contribution < -0.4 is 11.3 Å². The lowest BCUT2D eigenvalue weighted by molar-refractivity contribution is 0.0950. The molecule has 0 bridgehead atoms. The minimum Gasteiger partial charge on any atom is -0.299 e. The van der Waals surface area contributed by atoms with Gasteiger partial charge >= 0.3 is 0 Å². The molecule has 0 atom stereocenters. The van der Waals surface area contributed by atoms with Crippen molar-refractivity contribution >= 4 is 5.91 Å². The van der Waals surface area contributed by atoms with Crippen molar-refractivity contribution in [1.82, 2.24) is 10.3 Å². The quantitative estimate of drug-likeness (QED) is 0.494. The standard InChI is InChI=1S/C15H23N3O/c1-2-12-7-9-18(10-8-12)11-13-5-3-4-6-14(13)15(19)17-16/h3-6,12H,2,7-11,16H2,1H3,(H,17,19). The molecule has 0 unspecified atom stereocenters. The van der Waals surface area contributed by atoms with Gasteiger partial charge in [0.15, 0.2) is 0 Å². The van der Waals surface area contributed by atoms with Gasteiger partial charge in [-0.2, -0.15) is 0 Å². The van der Waals surface area contributed by atoms with Gasteiger partial charge in [0.25, 0.3) is 5.91 Å². The van der Waals surface area contributed by atoms with Gasteiger partial charge in [0.05, 0.1) is 0 Å². The van der Waals surface area contributed by atoms with Crippen LogP contribution in [-0.2, 0) is 6.54 Å². The van der Waals surface area contributed by atoms with Crippen LogP contribution in [0.15, 0.2) is 24.3 Å². The highest BCUT2D eigenvalue weighted by Gasteiger charge is 2.19. The predicted molar refractivity (Wildman–Crippen MR) is 76.4 cm³/mol. The number of amides is 1. The molecule has 1 fully saturated rings. The number of benzene rings is 1. The summed E-state index contributed by atoms with van der Waals surface area (Å²) in [5.41, 5.74) is 3.96. The van der Waals surface area contributed by atoms with Crippen LogP contribution in [-0.4, -0.2) is 23.9 Å². The lowest BCUT2D eigenvalue weighted by Gasteiger charge is -2.31. The molecule has 0 aliphatic carbocycles. The molecular weight excluding hydrogens is 238 g/mol. The number of nitrogens with zero attached hydrogens (tertiary/aromatic N) is 1. The number of carbonyl (C=O) groups excluding carboxylic acids is 1. The van der Waals surface area contributed by atoms with Gasteiger partial charge in [-0.25, -0.2) is 5.84 Å². The first kappa shape index (κ1) is 14.0. The van der Waals surface area contributed by atoms with Crippen LogP contribution in [0.3, 0.4) is 0 Å². The van der Waals surface area contributed by atoms with Gasteiger partial charge in [-0.1, -0.05) is 31.5 Å². The molecule has 1 heterocycles. The maximum absolute atomic E-state index is 11.7. The number of nitrogen functional groups attached to an aromatic ring is 1. The zero-order valence-corrected chi connectivity index (χ0v) is 11.6. The van der Waals surface area contributed by atoms with E-state index in [4.69, 9.17) is 5.84 Å². The number of nitrogens with two attached hydrogens (primary N) is 1. The maximum Gasteiger partial charge on any atom is 0.265 e. The van der Waals surface area contributed by atoms with Crippen LogP contribution in [0.2, 0.25) is 0 Å². The van der Waals surface area contributed by atoms with E-state index in [2.05, 4.69) is 17.2 Å². The highest BCUT2D eigenvalue weighted by Crippen LogP contribution is 2.22. The lowest BCUT2D eigenvalue weighted by Crippen LogP contribution is -2.35. The molecule has 0 radical (unpaired) electrons. The van der Waals surface area contributed by atoms with Crippen LogP contribution in [0, 0.1) is 5.92 Å². The lowest BCUT2D eigenvalue weighted by atomic mass is 9.94. The molecule has 4 nitrogen and oxygen atoms in total. The Kier molecular flexibility index (Phi) is 4.93. The first-order valence-corrected chi connectivity index (χ1v) is 7.05. The molecule has 104 valence electrons. The molecule has 1 saturated heterocycles. The Morgan fingerprint density at radius 1 is 1.37 bits per heavy atom. The first-order chi connectivity index (χ1) is 9.24. The molecule has 0 saturated carbocycles. The van der Waals surface area contributed by atoms with Crippen molar-refractivity contribution in [1.29, 1.82) is 0 Å². The number of hydrogen-bond acceptors (Lipinski definition) is 3. The van der Waals surface area contributed by atoms with E-state index in [0.29, 0.717) is 5.56 Å². The third kappa shape index (κ3) is 3.55. The Morgan fingerprint density at radius 3 is 2.68 bits per heavy atom. The van der Waals surface area contributed by atoms with E-state index in [1.165, 1.54) is 19.3 Å². The van der Waals surface area contributed by atoms with E-state index in [0.717, 1.165) is 31.1 Å². The van der Waals surface area contributed by atoms with E-state index < -0.39 is 0 Å². The monoisotopic (exact) mass is 261 g/mol. The second-order valence-electron chi connectivity index (χ2n) is 5.26. The number of carbonyl (C=O) groups is 1. The number of likely N-dealkylation sites (tertiary alicyclic amines) is 1. The fourth-order valence-corrected chi connectivity index (χ4v) is 2.75. The molecule has 1 aromatic rings. The third-order valence-electron chi connectivity index (χ3n) is 4.07. The van der Waals surface area contributed by atoms with E-state index in [1.54, 1.807) is 0 Å². The second kappa shape index (κ2) is 6.68. The van der Waals surface area contributed by atoms with Gasteiger partial charge in [0, 0.05) is 12.1 Å². The van der Waals surface area contributed by atoms with Crippen LogP contribution in [0.4, 0.5) is 0 Å². The maximum atomic E-state index is 11.7. The number of hydrogen-bond donors (Lipinski definition) is 2. The molecule has 1 amide bonds. The van der Waals surface area contributed by atoms with Crippen LogP contribution in [0.5, 0.6) is 0 Å². The molecule has 19 heavy (non-hydrogen) atoms. The number of hydrazine groups is 1. The van der Waals surface area contributed by atoms with Gasteiger partial charge in [-0.05, 0) is 43.5 Å². The smallest absolute Gasteiger partial charge is 0.265 e. The summed E-state index contributed by atoms with van der Waals surface area (Å²) < 4.78 is 0. The van der Waals surface area contributed by atoms with Crippen molar-refractivity contribution in [2.75, 3.05) is 13.1 Å². The summed E-state index contributed by atoms with van der Waals surface area (Å²) >= 11 is 0. The van der Waals surface area contributed by atoms with Crippen LogP contribution in [0.1, 0.15) is 42.1 Å². The molecule has 3 N–H and O–H groups in total. The number of nitrogens with one attached hydrogen (secondary N) is 1. The molecule has 4 heteroatoms. The molecule has 1 aliphatic heterocycles. The normalized spacial score (nSPS) is 17.4. The minimum atomic E-state index is -0.209. The summed E-state index contributed by atoms with van der Waals surface area (Å²) in [6.07, 6.45) is 3.81. The molecule has 0 aromatic heterocycles. The van der Waals surface area contributed by atoms with Gasteiger partial charge < -0.3 is 0 Å². The van der Waals surface area contributed by atoms with Gasteiger partial charge in [0.1, 0.15) is 0 Å². The Hall–Kier alpha value is -1.39. The van der Waals surface area contributed by atoms with E-state index in [9.17, 15) is 4.79 Å². The summed E-state index contributed by atoms with van der Waals surface area (Å²) in [4.78, 5) is 14.1. The number of piperidine rings is 1. The Labute approximate surface area is 114 Å². The summed E-state index contributed by atoms with van der Waals surface area (Å²) in [6.45, 7) is 5.34. The minimum absolute atomic E-state index is 0.209. The van der Waals surface area contributed by atoms with Crippen molar-refractivity contribution in [2.24, 2.45) is 11.8 Å². The van der Waals surface area contributed by atoms with Crippen molar-refractivity contribution in [3.63, 3.8) is 0 Å². The summed E-state index contributed by atoms with van der Waals surface area (Å²) in [5.74, 6) is 5.89. The van der Waals surface area contributed by atoms with E-state index in [1.807, 2.05) is 24.3 Å². The van der Waals surface area contributed by atoms with Crippen molar-refractivity contribution in [2.45, 2.75) is 32.7 Å². The molecule has 2 rings (SSSR count). The highest BCUT2D eigenvalue weighted by atomic mass is 16.2. The zero-order valence-electron chi connectivity index (χ0n) is 11.6. The Morgan fingerprint density at radius 2 is 2.05 bits per heavy atom. The first-order valence-electron chi connectivity index (χ1n) is 7.05. The average Bonchev–Trinajstić information content (AvgIpc) is 2.48. The fraction of sp³-hybridized carbons (Fsp3) is 0.533. The van der Waals surface area contributed by atoms with Crippen LogP contribution >= 0.6 is 0 Å². The zero-order chi connectivity index (χ0) is 13.7. The number of rotatable bonds is 4. The third-order valence-corrected chi connectivity index (χ3v) is 4.07. The van der Waals surface area contributed by atoms with Gasteiger partial charge in [-0.3, -0.25) is 15.1 Å². The average molecular weight is 261 g/mol. The SMILES string of the molecule is CCC1CCN(Cc2ccccc2C(=O)NN)CC1. The van der Waals surface area contributed by atoms with E-state index in [-0.39, 0.29) is 5.91 Å². The predicted octanol–water partition coefficient (Wildman–Crippen LogP) is 1.91. The second-order valence-corrected chi connectivity index (χ2v) is 5.26. The molecular formula is C15H23N3O. The summed E-state index contributed by atoms with van der Waals surface area (Å²) in [5, 5.41) is 0. The summed E-state index contributed by atoms with van der Waals surface area (Å²) in [6, 6.07) is 7.69. The summed E-state index contributed by atoms with van der Waals surface area (Å²) in [7, 11) is 0. The van der Waals surface area contributed by atoms with E-state index >= 15 is 0 Å². The van der Waals surface area contributed by atoms with Crippen molar-refractivity contribution in [3.05, 3.63) is 35.4 Å². The van der Waals surface area contributed by atoms with Crippen molar-refractivity contribution in [3.8, 4) is 0 Å². The van der Waals surface area contributed by atoms with Crippen LogP contribution in [0.25, 0.3) is 0 Å². The highest BCUT2D eigenvalue weighted by molar-refractivity contribution is 5.95. The van der Waals surface area contributed by atoms with Crippen molar-refractivity contribution < 1.29 is 4.79 Å². The Balaban J connectivity index is 2.01. The molecule has 1 aliphatic rings. The Bertz CT molecular complexity index is 425. The fourth-order valence-electron chi connectivity index (χ4n) is 2.75. The van der Waals surface area contributed by atoms with Gasteiger partial charge in [0.2, 0.25) is 0 Å². The topological polar surface area (TPSA) is 58.4 Å². The molecule has 1 aromatic carbocycles. The largest absolute Gasteiger partial charge is 0.299 e.